The van der Waals surface area contributed by atoms with Crippen LogP contribution in [0.25, 0.3) is 0 Å². The lowest BCUT2D eigenvalue weighted by atomic mass is 10.1. The first kappa shape index (κ1) is 14.6. The number of hydrogen-bond donors (Lipinski definition) is 1. The first-order valence-corrected chi connectivity index (χ1v) is 7.19. The van der Waals surface area contributed by atoms with Crippen molar-refractivity contribution in [2.45, 2.75) is 32.7 Å². The monoisotopic (exact) mass is 269 g/mol. The largest absolute Gasteiger partial charge is 0.493 e. The summed E-state index contributed by atoms with van der Waals surface area (Å²) >= 11 is 0. The van der Waals surface area contributed by atoms with Gasteiger partial charge in [-0.05, 0) is 43.9 Å². The zero-order valence-corrected chi connectivity index (χ0v) is 12.3. The van der Waals surface area contributed by atoms with E-state index in [1.54, 1.807) is 0 Å². The van der Waals surface area contributed by atoms with Crippen LogP contribution in [-0.2, 0) is 6.42 Å². The molecule has 2 N–H and O–H groups in total. The van der Waals surface area contributed by atoms with E-state index in [1.165, 1.54) is 11.1 Å². The van der Waals surface area contributed by atoms with Crippen LogP contribution in [0.15, 0.2) is 48.5 Å². The Hall–Kier alpha value is -1.80. The van der Waals surface area contributed by atoms with Gasteiger partial charge in [-0.25, -0.2) is 0 Å². The topological polar surface area (TPSA) is 35.2 Å². The summed E-state index contributed by atoms with van der Waals surface area (Å²) < 4.78 is 5.92. The van der Waals surface area contributed by atoms with Gasteiger partial charge in [0.1, 0.15) is 5.75 Å². The first-order valence-electron chi connectivity index (χ1n) is 7.19. The summed E-state index contributed by atoms with van der Waals surface area (Å²) in [5, 5.41) is 0. The van der Waals surface area contributed by atoms with Gasteiger partial charge in [0, 0.05) is 11.6 Å². The average Bonchev–Trinajstić information content (AvgIpc) is 2.44. The van der Waals surface area contributed by atoms with Crippen molar-refractivity contribution < 1.29 is 4.74 Å². The van der Waals surface area contributed by atoms with Crippen LogP contribution in [0.2, 0.25) is 0 Å². The van der Waals surface area contributed by atoms with Gasteiger partial charge in [0.15, 0.2) is 0 Å². The predicted octanol–water partition coefficient (Wildman–Crippen LogP) is 4.03. The van der Waals surface area contributed by atoms with E-state index in [1.807, 2.05) is 13.0 Å². The zero-order valence-electron chi connectivity index (χ0n) is 12.3. The molecule has 0 fully saturated rings. The molecule has 0 spiro atoms. The molecule has 0 heterocycles. The van der Waals surface area contributed by atoms with E-state index in [0.29, 0.717) is 0 Å². The fourth-order valence-electron chi connectivity index (χ4n) is 2.25. The van der Waals surface area contributed by atoms with Crippen LogP contribution < -0.4 is 10.5 Å². The maximum atomic E-state index is 5.98. The van der Waals surface area contributed by atoms with E-state index in [9.17, 15) is 0 Å². The molecular weight excluding hydrogens is 246 g/mol. The molecular formula is C18H23NO. The van der Waals surface area contributed by atoms with Gasteiger partial charge in [0.05, 0.1) is 6.61 Å². The molecule has 0 bridgehead atoms. The third-order valence-electron chi connectivity index (χ3n) is 3.37. The zero-order chi connectivity index (χ0) is 14.4. The molecule has 0 amide bonds. The highest BCUT2D eigenvalue weighted by molar-refractivity contribution is 5.38. The van der Waals surface area contributed by atoms with Crippen molar-refractivity contribution in [3.63, 3.8) is 0 Å². The van der Waals surface area contributed by atoms with Crippen molar-refractivity contribution in [2.24, 2.45) is 5.73 Å². The summed E-state index contributed by atoms with van der Waals surface area (Å²) in [5.41, 5.74) is 9.61. The van der Waals surface area contributed by atoms with Crippen LogP contribution >= 0.6 is 0 Å². The highest BCUT2D eigenvalue weighted by Crippen LogP contribution is 2.25. The van der Waals surface area contributed by atoms with E-state index in [0.717, 1.165) is 30.8 Å². The Morgan fingerprint density at radius 1 is 1.10 bits per heavy atom. The second-order valence-electron chi connectivity index (χ2n) is 5.27. The molecule has 0 radical (unpaired) electrons. The minimum Gasteiger partial charge on any atom is -0.493 e. The van der Waals surface area contributed by atoms with Gasteiger partial charge < -0.3 is 10.5 Å². The van der Waals surface area contributed by atoms with Crippen LogP contribution in [0, 0.1) is 6.92 Å². The van der Waals surface area contributed by atoms with Gasteiger partial charge in [-0.2, -0.15) is 0 Å². The van der Waals surface area contributed by atoms with Crippen LogP contribution in [0.3, 0.4) is 0 Å². The van der Waals surface area contributed by atoms with Crippen molar-refractivity contribution in [1.29, 1.82) is 0 Å². The quantitative estimate of drug-likeness (QED) is 0.804. The molecule has 0 unspecified atom stereocenters. The summed E-state index contributed by atoms with van der Waals surface area (Å²) in [5.74, 6) is 0.924. The molecule has 20 heavy (non-hydrogen) atoms. The predicted molar refractivity (Wildman–Crippen MR) is 84.0 cm³/mol. The molecule has 0 saturated heterocycles. The van der Waals surface area contributed by atoms with Crippen molar-refractivity contribution in [2.75, 3.05) is 6.61 Å². The van der Waals surface area contributed by atoms with E-state index < -0.39 is 0 Å². The molecule has 1 atom stereocenters. The lowest BCUT2D eigenvalue weighted by molar-refractivity contribution is 0.306. The Labute approximate surface area is 121 Å². The fraction of sp³-hybridized carbons (Fsp3) is 0.333. The Balaban J connectivity index is 1.89. The molecule has 2 rings (SSSR count). The van der Waals surface area contributed by atoms with Crippen molar-refractivity contribution in [3.05, 3.63) is 65.2 Å². The molecule has 0 aliphatic carbocycles. The number of rotatable bonds is 6. The van der Waals surface area contributed by atoms with E-state index in [2.05, 4.69) is 49.4 Å². The first-order chi connectivity index (χ1) is 9.66. The summed E-state index contributed by atoms with van der Waals surface area (Å²) in [4.78, 5) is 0. The van der Waals surface area contributed by atoms with E-state index >= 15 is 0 Å². The van der Waals surface area contributed by atoms with Crippen LogP contribution in [0.5, 0.6) is 5.75 Å². The molecule has 106 valence electrons. The molecule has 0 aromatic heterocycles. The number of aryl methyl sites for hydroxylation is 2. The normalized spacial score (nSPS) is 12.2. The molecule has 0 aliphatic rings. The summed E-state index contributed by atoms with van der Waals surface area (Å²) in [7, 11) is 0. The van der Waals surface area contributed by atoms with Gasteiger partial charge in [0.2, 0.25) is 0 Å². The average molecular weight is 269 g/mol. The highest BCUT2D eigenvalue weighted by Gasteiger charge is 2.08. The molecule has 2 nitrogen and oxygen atoms in total. The van der Waals surface area contributed by atoms with Gasteiger partial charge in [-0.3, -0.25) is 0 Å². The third-order valence-corrected chi connectivity index (χ3v) is 3.37. The second kappa shape index (κ2) is 7.11. The summed E-state index contributed by atoms with van der Waals surface area (Å²) in [6.07, 6.45) is 2.05. The summed E-state index contributed by atoms with van der Waals surface area (Å²) in [6, 6.07) is 16.7. The number of nitrogens with two attached hydrogens (primary N) is 1. The van der Waals surface area contributed by atoms with E-state index in [4.69, 9.17) is 10.5 Å². The smallest absolute Gasteiger partial charge is 0.124 e. The van der Waals surface area contributed by atoms with Gasteiger partial charge in [-0.15, -0.1) is 0 Å². The third kappa shape index (κ3) is 4.10. The standard InChI is InChI=1S/C18H23NO/c1-14-10-11-17(15(2)19)18(13-14)20-12-6-9-16-7-4-3-5-8-16/h3-5,7-8,10-11,13,15H,6,9,12,19H2,1-2H3/t15-/m1/s1. The molecule has 2 aromatic rings. The number of benzene rings is 2. The van der Waals surface area contributed by atoms with Crippen LogP contribution in [-0.4, -0.2) is 6.61 Å². The van der Waals surface area contributed by atoms with Gasteiger partial charge in [0.25, 0.3) is 0 Å². The number of ether oxygens (including phenoxy) is 1. The lowest BCUT2D eigenvalue weighted by Gasteiger charge is -2.14. The van der Waals surface area contributed by atoms with E-state index in [-0.39, 0.29) is 6.04 Å². The van der Waals surface area contributed by atoms with Gasteiger partial charge >= 0.3 is 0 Å². The van der Waals surface area contributed by atoms with Crippen molar-refractivity contribution in [1.82, 2.24) is 0 Å². The maximum absolute atomic E-state index is 5.98. The summed E-state index contributed by atoms with van der Waals surface area (Å²) in [6.45, 7) is 4.78. The van der Waals surface area contributed by atoms with Crippen LogP contribution in [0.4, 0.5) is 0 Å². The second-order valence-corrected chi connectivity index (χ2v) is 5.27. The molecule has 0 saturated carbocycles. The highest BCUT2D eigenvalue weighted by atomic mass is 16.5. The molecule has 0 aliphatic heterocycles. The minimum atomic E-state index is -0.000256. The van der Waals surface area contributed by atoms with Crippen LogP contribution in [0.1, 0.15) is 36.1 Å². The Morgan fingerprint density at radius 3 is 2.55 bits per heavy atom. The molecule has 2 aromatic carbocycles. The van der Waals surface area contributed by atoms with Gasteiger partial charge in [-0.1, -0.05) is 42.5 Å². The maximum Gasteiger partial charge on any atom is 0.124 e. The molecule has 2 heteroatoms. The lowest BCUT2D eigenvalue weighted by Crippen LogP contribution is -2.09. The minimum absolute atomic E-state index is 0.000256. The Morgan fingerprint density at radius 2 is 1.85 bits per heavy atom. The van der Waals surface area contributed by atoms with Crippen molar-refractivity contribution in [3.8, 4) is 5.75 Å². The number of hydrogen-bond acceptors (Lipinski definition) is 2. The fourth-order valence-corrected chi connectivity index (χ4v) is 2.25. The SMILES string of the molecule is Cc1ccc([C@@H](C)N)c(OCCCc2ccccc2)c1. The van der Waals surface area contributed by atoms with Crippen molar-refractivity contribution >= 4 is 0 Å². The Bertz CT molecular complexity index is 534. The Kier molecular flexibility index (Phi) is 5.19.